The molecule has 1 atom stereocenters. The van der Waals surface area contributed by atoms with E-state index < -0.39 is 14.9 Å². The lowest BCUT2D eigenvalue weighted by molar-refractivity contribution is -0.385. The minimum absolute atomic E-state index is 0.0218. The van der Waals surface area contributed by atoms with Crippen LogP contribution in [-0.4, -0.2) is 42.7 Å². The Hall–Kier alpha value is -0.830. The molecule has 0 spiro atoms. The van der Waals surface area contributed by atoms with Crippen LogP contribution in [0.25, 0.3) is 0 Å². The van der Waals surface area contributed by atoms with E-state index in [-0.39, 0.29) is 21.6 Å². The second-order valence-corrected chi connectivity index (χ2v) is 7.69. The van der Waals surface area contributed by atoms with Crippen molar-refractivity contribution in [1.82, 2.24) is 4.31 Å². The standard InChI is InChI=1S/C12H17ClN2O4S2/c1-4-9(8-20-3)14(2)21(18,19)12-7-10(15(16)17)5-6-11(12)13/h5-7,9H,4,8H2,1-3H3. The van der Waals surface area contributed by atoms with Gasteiger partial charge in [0.25, 0.3) is 5.69 Å². The first-order valence-corrected chi connectivity index (χ1v) is 9.37. The number of hydrogen-bond acceptors (Lipinski definition) is 5. The highest BCUT2D eigenvalue weighted by Gasteiger charge is 2.30. The largest absolute Gasteiger partial charge is 0.270 e. The lowest BCUT2D eigenvalue weighted by Gasteiger charge is -2.26. The Kier molecular flexibility index (Phi) is 6.45. The van der Waals surface area contributed by atoms with Crippen LogP contribution in [0.5, 0.6) is 0 Å². The van der Waals surface area contributed by atoms with E-state index >= 15 is 0 Å². The SMILES string of the molecule is CCC(CSC)N(C)S(=O)(=O)c1cc([N+](=O)[O-])ccc1Cl. The number of nitro benzene ring substituents is 1. The van der Waals surface area contributed by atoms with Crippen molar-refractivity contribution in [3.8, 4) is 0 Å². The van der Waals surface area contributed by atoms with E-state index in [9.17, 15) is 18.5 Å². The zero-order chi connectivity index (χ0) is 16.2. The Bertz CT molecular complexity index is 622. The van der Waals surface area contributed by atoms with Crippen LogP contribution < -0.4 is 0 Å². The summed E-state index contributed by atoms with van der Waals surface area (Å²) in [5.74, 6) is 0.638. The van der Waals surface area contributed by atoms with Gasteiger partial charge in [0, 0.05) is 31.0 Å². The third-order valence-corrected chi connectivity index (χ3v) is 6.24. The maximum Gasteiger partial charge on any atom is 0.270 e. The quantitative estimate of drug-likeness (QED) is 0.556. The molecule has 0 radical (unpaired) electrons. The van der Waals surface area contributed by atoms with Gasteiger partial charge in [0.05, 0.1) is 9.95 Å². The summed E-state index contributed by atoms with van der Waals surface area (Å²) in [4.78, 5) is 9.92. The van der Waals surface area contributed by atoms with Crippen molar-refractivity contribution in [2.75, 3.05) is 19.1 Å². The summed E-state index contributed by atoms with van der Waals surface area (Å²) in [5, 5.41) is 10.8. The van der Waals surface area contributed by atoms with Gasteiger partial charge in [-0.3, -0.25) is 10.1 Å². The first-order valence-electron chi connectivity index (χ1n) is 6.16. The summed E-state index contributed by atoms with van der Waals surface area (Å²) < 4.78 is 26.5. The van der Waals surface area contributed by atoms with Crippen molar-refractivity contribution >= 4 is 39.1 Å². The molecule has 0 bridgehead atoms. The molecule has 1 aromatic rings. The number of nitrogens with zero attached hydrogens (tertiary/aromatic N) is 2. The molecule has 0 N–H and O–H groups in total. The Morgan fingerprint density at radius 1 is 1.48 bits per heavy atom. The molecule has 1 unspecified atom stereocenters. The number of halogens is 1. The van der Waals surface area contributed by atoms with Crippen LogP contribution in [0.2, 0.25) is 5.02 Å². The number of benzene rings is 1. The first-order chi connectivity index (χ1) is 9.75. The van der Waals surface area contributed by atoms with Crippen molar-refractivity contribution in [3.63, 3.8) is 0 Å². The summed E-state index contributed by atoms with van der Waals surface area (Å²) in [6.45, 7) is 1.89. The maximum absolute atomic E-state index is 12.6. The van der Waals surface area contributed by atoms with E-state index in [0.717, 1.165) is 6.07 Å². The van der Waals surface area contributed by atoms with Crippen molar-refractivity contribution in [2.45, 2.75) is 24.3 Å². The van der Waals surface area contributed by atoms with Crippen molar-refractivity contribution in [1.29, 1.82) is 0 Å². The van der Waals surface area contributed by atoms with Crippen LogP contribution in [0, 0.1) is 10.1 Å². The highest BCUT2D eigenvalue weighted by atomic mass is 35.5. The lowest BCUT2D eigenvalue weighted by atomic mass is 10.3. The second-order valence-electron chi connectivity index (χ2n) is 4.41. The van der Waals surface area contributed by atoms with Gasteiger partial charge in [-0.2, -0.15) is 16.1 Å². The number of nitro groups is 1. The minimum Gasteiger partial charge on any atom is -0.258 e. The van der Waals surface area contributed by atoms with E-state index in [0.29, 0.717) is 12.2 Å². The fourth-order valence-corrected chi connectivity index (χ4v) is 4.69. The summed E-state index contributed by atoms with van der Waals surface area (Å²) in [6.07, 6.45) is 2.53. The Labute approximate surface area is 133 Å². The van der Waals surface area contributed by atoms with Gasteiger partial charge < -0.3 is 0 Å². The molecule has 1 aromatic carbocycles. The Morgan fingerprint density at radius 3 is 2.57 bits per heavy atom. The third-order valence-electron chi connectivity index (χ3n) is 3.13. The molecule has 0 saturated heterocycles. The molecule has 1 rings (SSSR count). The van der Waals surface area contributed by atoms with E-state index in [2.05, 4.69) is 0 Å². The minimum atomic E-state index is -3.88. The topological polar surface area (TPSA) is 80.5 Å². The molecule has 9 heteroatoms. The molecule has 118 valence electrons. The number of hydrogen-bond donors (Lipinski definition) is 0. The average molecular weight is 353 g/mol. The van der Waals surface area contributed by atoms with Gasteiger partial charge in [0.2, 0.25) is 10.0 Å². The Morgan fingerprint density at radius 2 is 2.10 bits per heavy atom. The molecular formula is C12H17ClN2O4S2. The van der Waals surface area contributed by atoms with Gasteiger partial charge in [0.1, 0.15) is 4.90 Å². The summed E-state index contributed by atoms with van der Waals surface area (Å²) in [5.41, 5.74) is -0.302. The molecule has 0 aliphatic heterocycles. The fourth-order valence-electron chi connectivity index (χ4n) is 1.83. The summed E-state index contributed by atoms with van der Waals surface area (Å²) >= 11 is 7.46. The first kappa shape index (κ1) is 18.2. The average Bonchev–Trinajstić information content (AvgIpc) is 2.43. The molecule has 0 amide bonds. The number of thioether (sulfide) groups is 1. The molecule has 0 aliphatic carbocycles. The van der Waals surface area contributed by atoms with Crippen molar-refractivity contribution in [3.05, 3.63) is 33.3 Å². The van der Waals surface area contributed by atoms with Gasteiger partial charge in [-0.05, 0) is 18.7 Å². The van der Waals surface area contributed by atoms with Gasteiger partial charge in [-0.25, -0.2) is 8.42 Å². The normalized spacial score (nSPS) is 13.4. The highest BCUT2D eigenvalue weighted by Crippen LogP contribution is 2.29. The smallest absolute Gasteiger partial charge is 0.258 e. The van der Waals surface area contributed by atoms with Crippen LogP contribution >= 0.6 is 23.4 Å². The third kappa shape index (κ3) is 4.09. The molecule has 6 nitrogen and oxygen atoms in total. The number of sulfonamides is 1. The zero-order valence-electron chi connectivity index (χ0n) is 11.9. The molecule has 0 saturated carbocycles. The molecule has 0 aliphatic rings. The zero-order valence-corrected chi connectivity index (χ0v) is 14.3. The van der Waals surface area contributed by atoms with Crippen LogP contribution in [-0.2, 0) is 10.0 Å². The van der Waals surface area contributed by atoms with E-state index in [1.54, 1.807) is 0 Å². The van der Waals surface area contributed by atoms with Gasteiger partial charge in [0.15, 0.2) is 0 Å². The maximum atomic E-state index is 12.6. The highest BCUT2D eigenvalue weighted by molar-refractivity contribution is 7.98. The number of non-ortho nitro benzene ring substituents is 1. The van der Waals surface area contributed by atoms with E-state index in [1.165, 1.54) is 35.2 Å². The van der Waals surface area contributed by atoms with Crippen LogP contribution in [0.15, 0.2) is 23.1 Å². The lowest BCUT2D eigenvalue weighted by Crippen LogP contribution is -2.38. The van der Waals surface area contributed by atoms with Gasteiger partial charge in [-0.15, -0.1) is 0 Å². The van der Waals surface area contributed by atoms with E-state index in [1.807, 2.05) is 13.2 Å². The van der Waals surface area contributed by atoms with Crippen LogP contribution in [0.3, 0.4) is 0 Å². The monoisotopic (exact) mass is 352 g/mol. The molecule has 0 aromatic heterocycles. The van der Waals surface area contributed by atoms with Crippen molar-refractivity contribution in [2.24, 2.45) is 0 Å². The van der Waals surface area contributed by atoms with Crippen LogP contribution in [0.4, 0.5) is 5.69 Å². The van der Waals surface area contributed by atoms with Crippen LogP contribution in [0.1, 0.15) is 13.3 Å². The van der Waals surface area contributed by atoms with Crippen molar-refractivity contribution < 1.29 is 13.3 Å². The van der Waals surface area contributed by atoms with Gasteiger partial charge in [-0.1, -0.05) is 18.5 Å². The van der Waals surface area contributed by atoms with E-state index in [4.69, 9.17) is 11.6 Å². The predicted molar refractivity (Wildman–Crippen MR) is 85.5 cm³/mol. The summed E-state index contributed by atoms with van der Waals surface area (Å²) in [6, 6.07) is 3.22. The molecular weight excluding hydrogens is 336 g/mol. The Balaban J connectivity index is 3.29. The second kappa shape index (κ2) is 7.44. The van der Waals surface area contributed by atoms with Gasteiger partial charge >= 0.3 is 0 Å². The fraction of sp³-hybridized carbons (Fsp3) is 0.500. The summed E-state index contributed by atoms with van der Waals surface area (Å²) in [7, 11) is -2.41. The molecule has 21 heavy (non-hydrogen) atoms. The predicted octanol–water partition coefficient (Wildman–Crippen LogP) is 3.01. The molecule has 0 fully saturated rings. The number of rotatable bonds is 7. The molecule has 0 heterocycles.